The highest BCUT2D eigenvalue weighted by Gasteiger charge is 2.06. The molecule has 1 aromatic heterocycles. The number of aromatic nitrogens is 1. The van der Waals surface area contributed by atoms with Crippen LogP contribution in [0.15, 0.2) is 36.7 Å². The molecule has 0 saturated carbocycles. The van der Waals surface area contributed by atoms with Gasteiger partial charge in [0.2, 0.25) is 0 Å². The van der Waals surface area contributed by atoms with Crippen LogP contribution in [0, 0.1) is 6.92 Å². The van der Waals surface area contributed by atoms with Crippen LogP contribution in [-0.4, -0.2) is 19.1 Å². The molecule has 2 aromatic rings. The molecule has 0 saturated heterocycles. The van der Waals surface area contributed by atoms with Crippen molar-refractivity contribution >= 4 is 0 Å². The van der Waals surface area contributed by atoms with Crippen LogP contribution in [0.2, 0.25) is 0 Å². The molecule has 4 nitrogen and oxygen atoms in total. The lowest BCUT2D eigenvalue weighted by molar-refractivity contribution is 0.283. The summed E-state index contributed by atoms with van der Waals surface area (Å²) in [6.45, 7) is 3.30. The first-order valence-electron chi connectivity index (χ1n) is 6.57. The first-order chi connectivity index (χ1) is 9.72. The maximum absolute atomic E-state index is 5.86. The largest absolute Gasteiger partial charge is 0.493 e. The lowest BCUT2D eigenvalue weighted by atomic mass is 10.2. The average Bonchev–Trinajstić information content (AvgIpc) is 2.46. The maximum atomic E-state index is 5.86. The molecule has 0 spiro atoms. The summed E-state index contributed by atoms with van der Waals surface area (Å²) in [5.41, 5.74) is 3.33. The van der Waals surface area contributed by atoms with E-state index in [4.69, 9.17) is 9.47 Å². The third-order valence-corrected chi connectivity index (χ3v) is 2.93. The van der Waals surface area contributed by atoms with Gasteiger partial charge in [0.1, 0.15) is 6.61 Å². The maximum Gasteiger partial charge on any atom is 0.161 e. The fraction of sp³-hybridized carbons (Fsp3) is 0.312. The molecule has 0 aliphatic carbocycles. The van der Waals surface area contributed by atoms with E-state index >= 15 is 0 Å². The van der Waals surface area contributed by atoms with Gasteiger partial charge in [-0.25, -0.2) is 0 Å². The monoisotopic (exact) mass is 272 g/mol. The first kappa shape index (κ1) is 14.3. The summed E-state index contributed by atoms with van der Waals surface area (Å²) in [5, 5.41) is 3.12. The van der Waals surface area contributed by atoms with Crippen LogP contribution in [-0.2, 0) is 13.2 Å². The summed E-state index contributed by atoms with van der Waals surface area (Å²) in [5.74, 6) is 1.49. The summed E-state index contributed by atoms with van der Waals surface area (Å²) < 4.78 is 11.2. The van der Waals surface area contributed by atoms with Gasteiger partial charge in [0.05, 0.1) is 7.11 Å². The molecule has 106 valence electrons. The molecule has 1 N–H and O–H groups in total. The highest BCUT2D eigenvalue weighted by atomic mass is 16.5. The van der Waals surface area contributed by atoms with Crippen molar-refractivity contribution in [1.29, 1.82) is 0 Å². The zero-order chi connectivity index (χ0) is 14.4. The van der Waals surface area contributed by atoms with E-state index in [-0.39, 0.29) is 0 Å². The Morgan fingerprint density at radius 3 is 2.65 bits per heavy atom. The van der Waals surface area contributed by atoms with Gasteiger partial charge in [-0.15, -0.1) is 0 Å². The van der Waals surface area contributed by atoms with Crippen LogP contribution in [0.25, 0.3) is 0 Å². The zero-order valence-corrected chi connectivity index (χ0v) is 12.1. The van der Waals surface area contributed by atoms with Gasteiger partial charge in [-0.1, -0.05) is 6.07 Å². The molecule has 0 unspecified atom stereocenters. The van der Waals surface area contributed by atoms with E-state index in [1.165, 1.54) is 0 Å². The van der Waals surface area contributed by atoms with Crippen LogP contribution in [0.5, 0.6) is 11.5 Å². The molecule has 1 aromatic carbocycles. The molecule has 4 heteroatoms. The van der Waals surface area contributed by atoms with E-state index in [0.29, 0.717) is 6.61 Å². The van der Waals surface area contributed by atoms with Crippen molar-refractivity contribution in [2.75, 3.05) is 14.2 Å². The van der Waals surface area contributed by atoms with Crippen molar-refractivity contribution in [3.8, 4) is 11.5 Å². The van der Waals surface area contributed by atoms with Crippen LogP contribution >= 0.6 is 0 Å². The lowest BCUT2D eigenvalue weighted by Crippen LogP contribution is -2.06. The normalized spacial score (nSPS) is 10.3. The Morgan fingerprint density at radius 1 is 1.10 bits per heavy atom. The standard InChI is InChI=1S/C16H20N2O2/c1-12-6-14(10-18-8-12)11-20-16-7-13(9-17-2)4-5-15(16)19-3/h4-8,10,17H,9,11H2,1-3H3. The number of nitrogens with zero attached hydrogens (tertiary/aromatic N) is 1. The van der Waals surface area contributed by atoms with Gasteiger partial charge < -0.3 is 14.8 Å². The second-order valence-electron chi connectivity index (χ2n) is 4.67. The quantitative estimate of drug-likeness (QED) is 0.878. The number of benzene rings is 1. The van der Waals surface area contributed by atoms with E-state index < -0.39 is 0 Å². The van der Waals surface area contributed by atoms with Crippen molar-refractivity contribution in [2.24, 2.45) is 0 Å². The molecule has 0 fully saturated rings. The number of methoxy groups -OCH3 is 1. The minimum atomic E-state index is 0.480. The van der Waals surface area contributed by atoms with Gasteiger partial charge in [-0.3, -0.25) is 4.98 Å². The van der Waals surface area contributed by atoms with Crippen LogP contribution in [0.3, 0.4) is 0 Å². The van der Waals surface area contributed by atoms with Crippen molar-refractivity contribution in [3.05, 3.63) is 53.3 Å². The molecule has 1 heterocycles. The Hall–Kier alpha value is -2.07. The Morgan fingerprint density at radius 2 is 1.95 bits per heavy atom. The summed E-state index contributed by atoms with van der Waals surface area (Å²) in [6.07, 6.45) is 3.65. The average molecular weight is 272 g/mol. The van der Waals surface area contributed by atoms with Gasteiger partial charge in [0.15, 0.2) is 11.5 Å². The summed E-state index contributed by atoms with van der Waals surface area (Å²) in [7, 11) is 3.57. The SMILES string of the molecule is CNCc1ccc(OC)c(OCc2cncc(C)c2)c1. The molecule has 0 radical (unpaired) electrons. The molecule has 2 rings (SSSR count). The van der Waals surface area contributed by atoms with Gasteiger partial charge in [-0.05, 0) is 43.3 Å². The summed E-state index contributed by atoms with van der Waals surface area (Å²) in [4.78, 5) is 4.16. The Bertz CT molecular complexity index is 570. The number of pyridine rings is 1. The van der Waals surface area contributed by atoms with Gasteiger partial charge in [-0.2, -0.15) is 0 Å². The molecular formula is C16H20N2O2. The highest BCUT2D eigenvalue weighted by molar-refractivity contribution is 5.43. The minimum Gasteiger partial charge on any atom is -0.493 e. The highest BCUT2D eigenvalue weighted by Crippen LogP contribution is 2.28. The third-order valence-electron chi connectivity index (χ3n) is 2.93. The summed E-state index contributed by atoms with van der Waals surface area (Å²) >= 11 is 0. The minimum absolute atomic E-state index is 0.480. The van der Waals surface area contributed by atoms with Crippen molar-refractivity contribution < 1.29 is 9.47 Å². The van der Waals surface area contributed by atoms with Crippen LogP contribution in [0.1, 0.15) is 16.7 Å². The van der Waals surface area contributed by atoms with E-state index in [0.717, 1.165) is 34.7 Å². The van der Waals surface area contributed by atoms with Gasteiger partial charge in [0, 0.05) is 24.5 Å². The van der Waals surface area contributed by atoms with Gasteiger partial charge in [0.25, 0.3) is 0 Å². The fourth-order valence-electron chi connectivity index (χ4n) is 2.01. The first-order valence-corrected chi connectivity index (χ1v) is 6.57. The molecule has 0 aliphatic heterocycles. The molecule has 0 aliphatic rings. The van der Waals surface area contributed by atoms with E-state index in [1.807, 2.05) is 44.6 Å². The number of hydrogen-bond acceptors (Lipinski definition) is 4. The van der Waals surface area contributed by atoms with Crippen molar-refractivity contribution in [3.63, 3.8) is 0 Å². The van der Waals surface area contributed by atoms with Crippen LogP contribution in [0.4, 0.5) is 0 Å². The van der Waals surface area contributed by atoms with E-state index in [1.54, 1.807) is 7.11 Å². The molecular weight excluding hydrogens is 252 g/mol. The number of nitrogens with one attached hydrogen (secondary N) is 1. The van der Waals surface area contributed by atoms with Gasteiger partial charge >= 0.3 is 0 Å². The Kier molecular flexibility index (Phi) is 4.96. The zero-order valence-electron chi connectivity index (χ0n) is 12.1. The lowest BCUT2D eigenvalue weighted by Gasteiger charge is -2.12. The molecule has 0 bridgehead atoms. The fourth-order valence-corrected chi connectivity index (χ4v) is 2.01. The Balaban J connectivity index is 2.12. The number of ether oxygens (including phenoxy) is 2. The predicted octanol–water partition coefficient (Wildman–Crippen LogP) is 2.70. The van der Waals surface area contributed by atoms with Crippen LogP contribution < -0.4 is 14.8 Å². The molecule has 0 amide bonds. The second kappa shape index (κ2) is 6.91. The molecule has 20 heavy (non-hydrogen) atoms. The third kappa shape index (κ3) is 3.71. The van der Waals surface area contributed by atoms with E-state index in [9.17, 15) is 0 Å². The Labute approximate surface area is 119 Å². The van der Waals surface area contributed by atoms with E-state index in [2.05, 4.69) is 16.4 Å². The van der Waals surface area contributed by atoms with Crippen molar-refractivity contribution in [1.82, 2.24) is 10.3 Å². The number of hydrogen-bond donors (Lipinski definition) is 1. The number of rotatable bonds is 6. The molecule has 0 atom stereocenters. The topological polar surface area (TPSA) is 43.4 Å². The smallest absolute Gasteiger partial charge is 0.161 e. The summed E-state index contributed by atoms with van der Waals surface area (Å²) in [6, 6.07) is 8.02. The number of aryl methyl sites for hydroxylation is 1. The van der Waals surface area contributed by atoms with Crippen molar-refractivity contribution in [2.45, 2.75) is 20.1 Å². The second-order valence-corrected chi connectivity index (χ2v) is 4.67. The predicted molar refractivity (Wildman–Crippen MR) is 79.1 cm³/mol.